The van der Waals surface area contributed by atoms with Gasteiger partial charge in [-0.3, -0.25) is 9.59 Å². The van der Waals surface area contributed by atoms with Crippen LogP contribution in [0.3, 0.4) is 0 Å². The van der Waals surface area contributed by atoms with Crippen molar-refractivity contribution in [2.24, 2.45) is 0 Å². The van der Waals surface area contributed by atoms with E-state index in [2.05, 4.69) is 15.6 Å². The van der Waals surface area contributed by atoms with E-state index in [4.69, 9.17) is 0 Å². The van der Waals surface area contributed by atoms with E-state index in [1.807, 2.05) is 19.2 Å². The van der Waals surface area contributed by atoms with Crippen LogP contribution in [-0.4, -0.2) is 16.8 Å². The molecule has 0 unspecified atom stereocenters. The highest BCUT2D eigenvalue weighted by Crippen LogP contribution is 2.26. The van der Waals surface area contributed by atoms with Crippen LogP contribution in [0.15, 0.2) is 23.7 Å². The average Bonchev–Trinajstić information content (AvgIpc) is 3.07. The molecule has 2 amide bonds. The molecule has 0 aliphatic rings. The zero-order chi connectivity index (χ0) is 17.9. The van der Waals surface area contributed by atoms with Crippen molar-refractivity contribution in [3.05, 3.63) is 45.7 Å². The summed E-state index contributed by atoms with van der Waals surface area (Å²) in [7, 11) is 0. The first-order valence-electron chi connectivity index (χ1n) is 7.57. The number of aromatic nitrogens is 1. The fraction of sp³-hybridized carbons (Fsp3) is 0.353. The zero-order valence-corrected chi connectivity index (χ0v) is 14.9. The number of rotatable bonds is 4. The van der Waals surface area contributed by atoms with Gasteiger partial charge in [-0.25, -0.2) is 9.37 Å². The first-order chi connectivity index (χ1) is 11.3. The van der Waals surface area contributed by atoms with Crippen molar-refractivity contribution in [1.29, 1.82) is 0 Å². The fourth-order valence-corrected chi connectivity index (χ4v) is 3.02. The number of benzene rings is 1. The normalized spacial score (nSPS) is 13.2. The molecule has 0 aliphatic carbocycles. The second kappa shape index (κ2) is 7.09. The number of nitrogens with zero attached hydrogens (tertiary/aromatic N) is 1. The molecule has 24 heavy (non-hydrogen) atoms. The summed E-state index contributed by atoms with van der Waals surface area (Å²) in [4.78, 5) is 28.7. The molecule has 1 aromatic carbocycles. The van der Waals surface area contributed by atoms with Gasteiger partial charge < -0.3 is 10.6 Å². The third kappa shape index (κ3) is 3.79. The number of aryl methyl sites for hydroxylation is 2. The maximum atomic E-state index is 13.5. The number of hydrogen-bond acceptors (Lipinski definition) is 4. The lowest BCUT2D eigenvalue weighted by atomic mass is 10.00. The largest absolute Gasteiger partial charge is 0.336 e. The third-order valence-corrected chi connectivity index (χ3v) is 5.00. The predicted molar refractivity (Wildman–Crippen MR) is 92.4 cm³/mol. The molecule has 0 saturated carbocycles. The Morgan fingerprint density at radius 3 is 2.54 bits per heavy atom. The van der Waals surface area contributed by atoms with Gasteiger partial charge in [0.2, 0.25) is 0 Å². The number of halogens is 1. The molecular weight excluding hydrogens is 329 g/mol. The van der Waals surface area contributed by atoms with Crippen LogP contribution in [0.4, 0.5) is 10.1 Å². The lowest BCUT2D eigenvalue weighted by molar-refractivity contribution is -0.137. The van der Waals surface area contributed by atoms with Crippen molar-refractivity contribution < 1.29 is 14.0 Å². The molecular formula is C17H20FN3O2S. The predicted octanol–water partition coefficient (Wildman–Crippen LogP) is 3.28. The summed E-state index contributed by atoms with van der Waals surface area (Å²) in [5.74, 6) is -1.89. The molecule has 2 N–H and O–H groups in total. The highest BCUT2D eigenvalue weighted by Gasteiger charge is 2.31. The molecule has 7 heteroatoms. The van der Waals surface area contributed by atoms with Gasteiger partial charge in [-0.1, -0.05) is 6.92 Å². The maximum Gasteiger partial charge on any atom is 0.313 e. The third-order valence-electron chi connectivity index (χ3n) is 3.96. The zero-order valence-electron chi connectivity index (χ0n) is 14.1. The number of thiazole rings is 1. The molecule has 0 bridgehead atoms. The molecule has 1 heterocycles. The Labute approximate surface area is 144 Å². The van der Waals surface area contributed by atoms with Crippen LogP contribution in [0.1, 0.15) is 36.4 Å². The number of nitrogens with one attached hydrogen (secondary N) is 2. The van der Waals surface area contributed by atoms with Crippen LogP contribution < -0.4 is 10.6 Å². The topological polar surface area (TPSA) is 71.1 Å². The standard InChI is InChI=1S/C17H20FN3O2S/c1-5-17(4,16-19-6-7-24-16)21-15(23)14(22)20-13-9-10(2)12(18)8-11(13)3/h6-9H,5H2,1-4H3,(H,20,22)(H,21,23)/t17-/m0/s1. The van der Waals surface area contributed by atoms with Crippen molar-refractivity contribution in [2.45, 2.75) is 39.7 Å². The summed E-state index contributed by atoms with van der Waals surface area (Å²) in [5.41, 5.74) is 0.660. The van der Waals surface area contributed by atoms with Gasteiger partial charge in [0.1, 0.15) is 10.8 Å². The van der Waals surface area contributed by atoms with Gasteiger partial charge in [0.25, 0.3) is 0 Å². The molecule has 0 fully saturated rings. The minimum atomic E-state index is -0.791. The van der Waals surface area contributed by atoms with E-state index in [-0.39, 0.29) is 5.82 Å². The summed E-state index contributed by atoms with van der Waals surface area (Å²) >= 11 is 1.42. The summed E-state index contributed by atoms with van der Waals surface area (Å²) in [5, 5.41) is 7.82. The Balaban J connectivity index is 2.13. The Hall–Kier alpha value is -2.28. The SMILES string of the molecule is CC[C@](C)(NC(=O)C(=O)Nc1cc(C)c(F)cc1C)c1nccs1. The monoisotopic (exact) mass is 349 g/mol. The van der Waals surface area contributed by atoms with Crippen LogP contribution in [0, 0.1) is 19.7 Å². The van der Waals surface area contributed by atoms with Gasteiger partial charge >= 0.3 is 11.8 Å². The van der Waals surface area contributed by atoms with Gasteiger partial charge in [-0.15, -0.1) is 11.3 Å². The van der Waals surface area contributed by atoms with E-state index < -0.39 is 17.4 Å². The van der Waals surface area contributed by atoms with Gasteiger partial charge in [0, 0.05) is 17.3 Å². The van der Waals surface area contributed by atoms with Crippen LogP contribution in [0.5, 0.6) is 0 Å². The van der Waals surface area contributed by atoms with E-state index in [9.17, 15) is 14.0 Å². The molecule has 128 valence electrons. The van der Waals surface area contributed by atoms with Crippen molar-refractivity contribution in [1.82, 2.24) is 10.3 Å². The first-order valence-corrected chi connectivity index (χ1v) is 8.45. The van der Waals surface area contributed by atoms with Crippen molar-refractivity contribution in [3.8, 4) is 0 Å². The summed E-state index contributed by atoms with van der Waals surface area (Å²) < 4.78 is 13.5. The van der Waals surface area contributed by atoms with Crippen molar-refractivity contribution in [3.63, 3.8) is 0 Å². The van der Waals surface area contributed by atoms with Gasteiger partial charge in [0.05, 0.1) is 5.54 Å². The van der Waals surface area contributed by atoms with Crippen LogP contribution in [-0.2, 0) is 15.1 Å². The number of anilines is 1. The average molecular weight is 349 g/mol. The maximum absolute atomic E-state index is 13.5. The van der Waals surface area contributed by atoms with Crippen LogP contribution in [0.25, 0.3) is 0 Å². The smallest absolute Gasteiger partial charge is 0.313 e. The second-order valence-corrected chi connectivity index (χ2v) is 6.74. The Kier molecular flexibility index (Phi) is 5.33. The van der Waals surface area contributed by atoms with E-state index in [1.165, 1.54) is 23.5 Å². The highest BCUT2D eigenvalue weighted by molar-refractivity contribution is 7.09. The van der Waals surface area contributed by atoms with E-state index >= 15 is 0 Å². The molecule has 2 rings (SSSR count). The minimum absolute atomic E-state index is 0.350. The first kappa shape index (κ1) is 18.1. The lowest BCUT2D eigenvalue weighted by Gasteiger charge is -2.27. The van der Waals surface area contributed by atoms with E-state index in [0.717, 1.165) is 5.01 Å². The Bertz CT molecular complexity index is 761. The molecule has 1 atom stereocenters. The van der Waals surface area contributed by atoms with E-state index in [1.54, 1.807) is 20.0 Å². The number of carbonyl (C=O) groups is 2. The lowest BCUT2D eigenvalue weighted by Crippen LogP contribution is -2.47. The summed E-state index contributed by atoms with van der Waals surface area (Å²) in [6.45, 7) is 7.00. The van der Waals surface area contributed by atoms with E-state index in [0.29, 0.717) is 23.2 Å². The molecule has 0 saturated heterocycles. The summed E-state index contributed by atoms with van der Waals surface area (Å²) in [6.07, 6.45) is 2.25. The quantitative estimate of drug-likeness (QED) is 0.832. The fourth-order valence-electron chi connectivity index (χ4n) is 2.19. The molecule has 1 aromatic heterocycles. The van der Waals surface area contributed by atoms with Gasteiger partial charge in [0.15, 0.2) is 0 Å². The molecule has 0 spiro atoms. The molecule has 0 aliphatic heterocycles. The van der Waals surface area contributed by atoms with Gasteiger partial charge in [-0.2, -0.15) is 0 Å². The highest BCUT2D eigenvalue weighted by atomic mass is 32.1. The molecule has 2 aromatic rings. The van der Waals surface area contributed by atoms with Crippen LogP contribution in [0.2, 0.25) is 0 Å². The minimum Gasteiger partial charge on any atom is -0.336 e. The van der Waals surface area contributed by atoms with Crippen LogP contribution >= 0.6 is 11.3 Å². The Morgan fingerprint density at radius 2 is 1.96 bits per heavy atom. The second-order valence-electron chi connectivity index (χ2n) is 5.85. The summed E-state index contributed by atoms with van der Waals surface area (Å²) in [6, 6.07) is 2.84. The molecule has 5 nitrogen and oxygen atoms in total. The number of carbonyl (C=O) groups excluding carboxylic acids is 2. The number of amides is 2. The van der Waals surface area contributed by atoms with Crippen molar-refractivity contribution >= 4 is 28.8 Å². The van der Waals surface area contributed by atoms with Crippen molar-refractivity contribution in [2.75, 3.05) is 5.32 Å². The molecule has 0 radical (unpaired) electrons. The Morgan fingerprint density at radius 1 is 1.25 bits per heavy atom. The van der Waals surface area contributed by atoms with Gasteiger partial charge in [-0.05, 0) is 50.5 Å². The number of hydrogen-bond donors (Lipinski definition) is 2.